The summed E-state index contributed by atoms with van der Waals surface area (Å²) in [7, 11) is 0. The highest BCUT2D eigenvalue weighted by Crippen LogP contribution is 2.35. The smallest absolute Gasteiger partial charge is 0.0730 e. The summed E-state index contributed by atoms with van der Waals surface area (Å²) in [5.41, 5.74) is 6.22. The van der Waals surface area contributed by atoms with Crippen LogP contribution in [-0.2, 0) is 5.41 Å². The number of anilines is 1. The number of para-hydroxylation sites is 1. The van der Waals surface area contributed by atoms with E-state index < -0.39 is 0 Å². The van der Waals surface area contributed by atoms with Gasteiger partial charge in [0.05, 0.1) is 11.2 Å². The van der Waals surface area contributed by atoms with Crippen molar-refractivity contribution < 1.29 is 0 Å². The third-order valence-corrected chi connectivity index (χ3v) is 5.85. The highest BCUT2D eigenvalue weighted by molar-refractivity contribution is 5.94. The first-order valence-corrected chi connectivity index (χ1v) is 10.2. The second-order valence-corrected chi connectivity index (χ2v) is 8.91. The van der Waals surface area contributed by atoms with Crippen molar-refractivity contribution in [3.8, 4) is 11.3 Å². The molecule has 0 spiro atoms. The van der Waals surface area contributed by atoms with Crippen molar-refractivity contribution in [2.45, 2.75) is 58.4 Å². The van der Waals surface area contributed by atoms with E-state index in [0.717, 1.165) is 17.8 Å². The number of hydrogen-bond donors (Lipinski definition) is 0. The Bertz CT molecular complexity index is 935. The molecular weight excluding hydrogens is 328 g/mol. The summed E-state index contributed by atoms with van der Waals surface area (Å²) in [6.45, 7) is 10.3. The minimum Gasteiger partial charge on any atom is -0.368 e. The predicted molar refractivity (Wildman–Crippen MR) is 117 cm³/mol. The number of rotatable bonds is 2. The summed E-state index contributed by atoms with van der Waals surface area (Å²) in [6, 6.07) is 20.4. The molecule has 2 nitrogen and oxygen atoms in total. The third-order valence-electron chi connectivity index (χ3n) is 5.85. The van der Waals surface area contributed by atoms with E-state index in [1.54, 1.807) is 0 Å². The molecule has 3 aromatic rings. The lowest BCUT2D eigenvalue weighted by molar-refractivity contribution is 0.486. The second kappa shape index (κ2) is 6.99. The Morgan fingerprint density at radius 1 is 0.963 bits per heavy atom. The Morgan fingerprint density at radius 3 is 2.41 bits per heavy atom. The lowest BCUT2D eigenvalue weighted by Gasteiger charge is -2.36. The van der Waals surface area contributed by atoms with Crippen LogP contribution < -0.4 is 4.90 Å². The first-order chi connectivity index (χ1) is 12.9. The molecule has 2 heterocycles. The molecule has 27 heavy (non-hydrogen) atoms. The van der Waals surface area contributed by atoms with Crippen LogP contribution >= 0.6 is 0 Å². The van der Waals surface area contributed by atoms with Gasteiger partial charge in [0, 0.05) is 29.2 Å². The lowest BCUT2D eigenvalue weighted by Crippen LogP contribution is -2.37. The number of benzene rings is 2. The molecule has 140 valence electrons. The summed E-state index contributed by atoms with van der Waals surface area (Å²) in [4.78, 5) is 7.58. The van der Waals surface area contributed by atoms with E-state index in [4.69, 9.17) is 4.98 Å². The van der Waals surface area contributed by atoms with E-state index in [-0.39, 0.29) is 5.41 Å². The molecular formula is C25H30N2. The molecule has 1 aliphatic rings. The number of nitrogens with zero attached hydrogens (tertiary/aromatic N) is 2. The average Bonchev–Trinajstić information content (AvgIpc) is 2.67. The zero-order chi connectivity index (χ0) is 19.0. The number of fused-ring (bicyclic) bond motifs is 1. The van der Waals surface area contributed by atoms with E-state index in [0.29, 0.717) is 6.04 Å². The van der Waals surface area contributed by atoms with E-state index in [1.807, 2.05) is 0 Å². The van der Waals surface area contributed by atoms with Gasteiger partial charge in [-0.05, 0) is 49.3 Å². The highest BCUT2D eigenvalue weighted by Gasteiger charge is 2.21. The van der Waals surface area contributed by atoms with Crippen molar-refractivity contribution in [2.24, 2.45) is 0 Å². The summed E-state index contributed by atoms with van der Waals surface area (Å²) in [6.07, 6.45) is 3.88. The molecule has 2 aromatic carbocycles. The molecule has 1 saturated heterocycles. The highest BCUT2D eigenvalue weighted by atomic mass is 15.2. The summed E-state index contributed by atoms with van der Waals surface area (Å²) in [5, 5.41) is 1.27. The molecule has 4 rings (SSSR count). The van der Waals surface area contributed by atoms with Gasteiger partial charge in [-0.1, -0.05) is 63.2 Å². The minimum atomic E-state index is 0.170. The van der Waals surface area contributed by atoms with E-state index in [2.05, 4.69) is 87.2 Å². The summed E-state index contributed by atoms with van der Waals surface area (Å²) in [5.74, 6) is 0. The molecule has 1 aliphatic heterocycles. The fraction of sp³-hybridized carbons (Fsp3) is 0.400. The van der Waals surface area contributed by atoms with Crippen LogP contribution in [0.3, 0.4) is 0 Å². The SMILES string of the molecule is C[C@H]1CCCCN1c1cc(-c2ccc(C(C)(C)C)cc2)nc2ccccc12. The summed E-state index contributed by atoms with van der Waals surface area (Å²) >= 11 is 0. The molecule has 0 unspecified atom stereocenters. The van der Waals surface area contributed by atoms with Crippen LogP contribution in [0.5, 0.6) is 0 Å². The Morgan fingerprint density at radius 2 is 1.70 bits per heavy atom. The monoisotopic (exact) mass is 358 g/mol. The van der Waals surface area contributed by atoms with Crippen LogP contribution in [0, 0.1) is 0 Å². The van der Waals surface area contributed by atoms with Crippen molar-refractivity contribution >= 4 is 16.6 Å². The van der Waals surface area contributed by atoms with Gasteiger partial charge in [0.15, 0.2) is 0 Å². The van der Waals surface area contributed by atoms with Crippen LogP contribution in [-0.4, -0.2) is 17.6 Å². The van der Waals surface area contributed by atoms with Crippen LogP contribution in [0.15, 0.2) is 54.6 Å². The molecule has 0 amide bonds. The van der Waals surface area contributed by atoms with Gasteiger partial charge in [0.1, 0.15) is 0 Å². The zero-order valence-electron chi connectivity index (χ0n) is 17.0. The molecule has 0 bridgehead atoms. The number of hydrogen-bond acceptors (Lipinski definition) is 2. The van der Waals surface area contributed by atoms with Gasteiger partial charge in [-0.15, -0.1) is 0 Å². The summed E-state index contributed by atoms with van der Waals surface area (Å²) < 4.78 is 0. The van der Waals surface area contributed by atoms with Gasteiger partial charge < -0.3 is 4.90 Å². The van der Waals surface area contributed by atoms with Gasteiger partial charge >= 0.3 is 0 Å². The molecule has 0 radical (unpaired) electrons. The van der Waals surface area contributed by atoms with Crippen LogP contribution in [0.25, 0.3) is 22.2 Å². The predicted octanol–water partition coefficient (Wildman–Crippen LogP) is 6.58. The topological polar surface area (TPSA) is 16.1 Å². The molecule has 1 fully saturated rings. The molecule has 0 N–H and O–H groups in total. The van der Waals surface area contributed by atoms with Crippen LogP contribution in [0.1, 0.15) is 52.5 Å². The molecule has 1 aromatic heterocycles. The third kappa shape index (κ3) is 3.58. The fourth-order valence-corrected chi connectivity index (χ4v) is 4.14. The Kier molecular flexibility index (Phi) is 4.67. The number of aromatic nitrogens is 1. The number of piperidine rings is 1. The van der Waals surface area contributed by atoms with E-state index >= 15 is 0 Å². The second-order valence-electron chi connectivity index (χ2n) is 8.91. The zero-order valence-corrected chi connectivity index (χ0v) is 17.0. The van der Waals surface area contributed by atoms with Crippen molar-refractivity contribution in [3.63, 3.8) is 0 Å². The van der Waals surface area contributed by atoms with Gasteiger partial charge in [-0.2, -0.15) is 0 Å². The van der Waals surface area contributed by atoms with Crippen LogP contribution in [0.4, 0.5) is 5.69 Å². The van der Waals surface area contributed by atoms with Crippen LogP contribution in [0.2, 0.25) is 0 Å². The van der Waals surface area contributed by atoms with Crippen molar-refractivity contribution in [1.82, 2.24) is 4.98 Å². The van der Waals surface area contributed by atoms with Gasteiger partial charge in [-0.25, -0.2) is 4.98 Å². The Balaban J connectivity index is 1.82. The molecule has 0 aliphatic carbocycles. The quantitative estimate of drug-likeness (QED) is 0.514. The van der Waals surface area contributed by atoms with Gasteiger partial charge in [-0.3, -0.25) is 0 Å². The Labute approximate surface area is 163 Å². The molecule has 0 saturated carbocycles. The first kappa shape index (κ1) is 18.0. The van der Waals surface area contributed by atoms with Gasteiger partial charge in [0.2, 0.25) is 0 Å². The van der Waals surface area contributed by atoms with Crippen molar-refractivity contribution in [3.05, 3.63) is 60.2 Å². The van der Waals surface area contributed by atoms with E-state index in [9.17, 15) is 0 Å². The molecule has 2 heteroatoms. The normalized spacial score (nSPS) is 18.1. The standard InChI is InChI=1S/C25H30N2/c1-18-9-7-8-16-27(18)24-17-23(26-22-11-6-5-10-21(22)24)19-12-14-20(15-13-19)25(2,3)4/h5-6,10-15,17-18H,7-9,16H2,1-4H3/t18-/m0/s1. The average molecular weight is 359 g/mol. The maximum Gasteiger partial charge on any atom is 0.0730 e. The van der Waals surface area contributed by atoms with Gasteiger partial charge in [0.25, 0.3) is 0 Å². The fourth-order valence-electron chi connectivity index (χ4n) is 4.14. The Hall–Kier alpha value is -2.35. The largest absolute Gasteiger partial charge is 0.368 e. The van der Waals surface area contributed by atoms with Crippen molar-refractivity contribution in [2.75, 3.05) is 11.4 Å². The maximum atomic E-state index is 4.99. The lowest BCUT2D eigenvalue weighted by atomic mass is 9.86. The minimum absolute atomic E-state index is 0.170. The van der Waals surface area contributed by atoms with E-state index in [1.165, 1.54) is 41.5 Å². The maximum absolute atomic E-state index is 4.99. The number of pyridine rings is 1. The first-order valence-electron chi connectivity index (χ1n) is 10.2. The van der Waals surface area contributed by atoms with Crippen molar-refractivity contribution in [1.29, 1.82) is 0 Å². The molecule has 1 atom stereocenters.